The minimum atomic E-state index is -0.774. The fourth-order valence-electron chi connectivity index (χ4n) is 2.70. The SMILES string of the molecule is Cn1cc(C(N)=O)c(=O)c2c(Cc3ccc(Cl)cc3)c(CCl)oc21. The number of carbonyl (C=O) groups is 1. The Morgan fingerprint density at radius 1 is 1.29 bits per heavy atom. The molecule has 0 aliphatic heterocycles. The molecule has 3 aromatic rings. The second-order valence-electron chi connectivity index (χ2n) is 5.47. The molecule has 0 radical (unpaired) electrons. The molecule has 7 heteroatoms. The molecule has 3 rings (SSSR count). The molecule has 0 saturated heterocycles. The number of aryl methyl sites for hydroxylation is 1. The zero-order valence-corrected chi connectivity index (χ0v) is 14.3. The van der Waals surface area contributed by atoms with E-state index in [0.717, 1.165) is 5.56 Å². The molecule has 1 aromatic carbocycles. The molecule has 0 spiro atoms. The van der Waals surface area contributed by atoms with Gasteiger partial charge in [-0.2, -0.15) is 0 Å². The van der Waals surface area contributed by atoms with E-state index in [4.69, 9.17) is 33.4 Å². The topological polar surface area (TPSA) is 78.2 Å². The van der Waals surface area contributed by atoms with Crippen LogP contribution in [0.25, 0.3) is 11.1 Å². The van der Waals surface area contributed by atoms with Gasteiger partial charge in [0, 0.05) is 30.3 Å². The lowest BCUT2D eigenvalue weighted by Crippen LogP contribution is -2.23. The van der Waals surface area contributed by atoms with Crippen molar-refractivity contribution in [1.29, 1.82) is 0 Å². The Morgan fingerprint density at radius 3 is 2.54 bits per heavy atom. The van der Waals surface area contributed by atoms with Crippen molar-refractivity contribution < 1.29 is 9.21 Å². The molecule has 5 nitrogen and oxygen atoms in total. The van der Waals surface area contributed by atoms with E-state index in [-0.39, 0.29) is 11.4 Å². The van der Waals surface area contributed by atoms with Gasteiger partial charge in [-0.05, 0) is 17.7 Å². The highest BCUT2D eigenvalue weighted by atomic mass is 35.5. The summed E-state index contributed by atoms with van der Waals surface area (Å²) < 4.78 is 7.31. The number of hydrogen-bond acceptors (Lipinski definition) is 3. The van der Waals surface area contributed by atoms with Gasteiger partial charge in [0.1, 0.15) is 11.3 Å². The van der Waals surface area contributed by atoms with Gasteiger partial charge in [0.05, 0.1) is 11.3 Å². The molecular formula is C17H14Cl2N2O3. The highest BCUT2D eigenvalue weighted by molar-refractivity contribution is 6.30. The van der Waals surface area contributed by atoms with Gasteiger partial charge < -0.3 is 14.7 Å². The predicted molar refractivity (Wildman–Crippen MR) is 93.8 cm³/mol. The summed E-state index contributed by atoms with van der Waals surface area (Å²) in [5.41, 5.74) is 6.75. The Bertz CT molecular complexity index is 988. The number of hydrogen-bond donors (Lipinski definition) is 1. The number of nitrogens with zero attached hydrogens (tertiary/aromatic N) is 1. The second-order valence-corrected chi connectivity index (χ2v) is 6.17. The number of alkyl halides is 1. The molecule has 0 aliphatic rings. The average molecular weight is 365 g/mol. The van der Waals surface area contributed by atoms with E-state index in [1.54, 1.807) is 23.7 Å². The van der Waals surface area contributed by atoms with Crippen LogP contribution in [0.15, 0.2) is 39.7 Å². The molecule has 0 fully saturated rings. The summed E-state index contributed by atoms with van der Waals surface area (Å²) in [5, 5.41) is 0.958. The lowest BCUT2D eigenvalue weighted by Gasteiger charge is -2.04. The largest absolute Gasteiger partial charge is 0.443 e. The van der Waals surface area contributed by atoms with Crippen molar-refractivity contribution in [3.63, 3.8) is 0 Å². The number of pyridine rings is 1. The zero-order valence-electron chi connectivity index (χ0n) is 12.8. The van der Waals surface area contributed by atoms with Crippen molar-refractivity contribution in [2.45, 2.75) is 12.3 Å². The van der Waals surface area contributed by atoms with Crippen LogP contribution in [0.5, 0.6) is 0 Å². The van der Waals surface area contributed by atoms with E-state index in [9.17, 15) is 9.59 Å². The number of aromatic nitrogens is 1. The summed E-state index contributed by atoms with van der Waals surface area (Å²) in [6.45, 7) is 0. The number of benzene rings is 1. The van der Waals surface area contributed by atoms with E-state index in [0.29, 0.717) is 33.9 Å². The molecule has 0 unspecified atom stereocenters. The van der Waals surface area contributed by atoms with E-state index >= 15 is 0 Å². The van der Waals surface area contributed by atoms with Crippen molar-refractivity contribution in [2.24, 2.45) is 12.8 Å². The molecule has 0 saturated carbocycles. The molecular weight excluding hydrogens is 351 g/mol. The third kappa shape index (κ3) is 2.81. The van der Waals surface area contributed by atoms with Gasteiger partial charge in [-0.15, -0.1) is 11.6 Å². The third-order valence-electron chi connectivity index (χ3n) is 3.87. The quantitative estimate of drug-likeness (QED) is 0.721. The first-order valence-electron chi connectivity index (χ1n) is 7.16. The minimum Gasteiger partial charge on any atom is -0.443 e. The fourth-order valence-corrected chi connectivity index (χ4v) is 3.04. The van der Waals surface area contributed by atoms with Crippen molar-refractivity contribution in [2.75, 3.05) is 0 Å². The molecule has 2 heterocycles. The standard InChI is InChI=1S/C17H14Cl2N2O3/c1-21-8-12(16(20)23)15(22)14-11(13(7-18)24-17(14)21)6-9-2-4-10(19)5-3-9/h2-5,8H,6-7H2,1H3,(H2,20,23). The van der Waals surface area contributed by atoms with Crippen LogP contribution in [0.3, 0.4) is 0 Å². The first-order chi connectivity index (χ1) is 11.4. The number of furan rings is 1. The Labute approximate surface area is 147 Å². The predicted octanol–water partition coefficient (Wildman–Crippen LogP) is 3.21. The number of nitrogens with two attached hydrogens (primary N) is 1. The summed E-state index contributed by atoms with van der Waals surface area (Å²) in [6, 6.07) is 7.27. The van der Waals surface area contributed by atoms with Crippen LogP contribution < -0.4 is 11.2 Å². The smallest absolute Gasteiger partial charge is 0.254 e. The Kier molecular flexibility index (Phi) is 4.39. The van der Waals surface area contributed by atoms with Crippen LogP contribution in [0.1, 0.15) is 27.2 Å². The maximum absolute atomic E-state index is 12.7. The Balaban J connectivity index is 2.27. The minimum absolute atomic E-state index is 0.0794. The van der Waals surface area contributed by atoms with Crippen LogP contribution in [0.2, 0.25) is 5.02 Å². The number of fused-ring (bicyclic) bond motifs is 1. The molecule has 0 bridgehead atoms. The van der Waals surface area contributed by atoms with Crippen LogP contribution >= 0.6 is 23.2 Å². The summed E-state index contributed by atoms with van der Waals surface area (Å²) in [7, 11) is 1.68. The number of primary amides is 1. The van der Waals surface area contributed by atoms with Gasteiger partial charge >= 0.3 is 0 Å². The third-order valence-corrected chi connectivity index (χ3v) is 4.36. The molecule has 1 amide bonds. The first kappa shape index (κ1) is 16.6. The van der Waals surface area contributed by atoms with E-state index < -0.39 is 11.3 Å². The Morgan fingerprint density at radius 2 is 1.96 bits per heavy atom. The van der Waals surface area contributed by atoms with Crippen LogP contribution in [0.4, 0.5) is 0 Å². The van der Waals surface area contributed by atoms with Gasteiger partial charge in [-0.1, -0.05) is 23.7 Å². The van der Waals surface area contributed by atoms with Crippen LogP contribution in [-0.2, 0) is 19.3 Å². The number of rotatable bonds is 4. The molecule has 24 heavy (non-hydrogen) atoms. The number of carbonyl (C=O) groups excluding carboxylic acids is 1. The Hall–Kier alpha value is -2.24. The average Bonchev–Trinajstić information content (AvgIpc) is 2.92. The molecule has 2 N–H and O–H groups in total. The zero-order chi connectivity index (χ0) is 17.4. The summed E-state index contributed by atoms with van der Waals surface area (Å²) in [6.07, 6.45) is 1.81. The maximum Gasteiger partial charge on any atom is 0.254 e. The monoisotopic (exact) mass is 364 g/mol. The highest BCUT2D eigenvalue weighted by Gasteiger charge is 2.22. The maximum atomic E-state index is 12.7. The van der Waals surface area contributed by atoms with Crippen LogP contribution in [-0.4, -0.2) is 10.5 Å². The first-order valence-corrected chi connectivity index (χ1v) is 8.07. The lowest BCUT2D eigenvalue weighted by atomic mass is 10.0. The second kappa shape index (κ2) is 6.34. The number of amides is 1. The normalized spacial score (nSPS) is 11.1. The van der Waals surface area contributed by atoms with Crippen molar-refractivity contribution in [1.82, 2.24) is 4.57 Å². The van der Waals surface area contributed by atoms with Gasteiger partial charge in [-0.3, -0.25) is 9.59 Å². The van der Waals surface area contributed by atoms with Crippen molar-refractivity contribution >= 4 is 40.2 Å². The van der Waals surface area contributed by atoms with Gasteiger partial charge in [0.2, 0.25) is 11.1 Å². The van der Waals surface area contributed by atoms with E-state index in [1.165, 1.54) is 6.20 Å². The summed E-state index contributed by atoms with van der Waals surface area (Å²) in [5.74, 6) is -0.164. The summed E-state index contributed by atoms with van der Waals surface area (Å²) in [4.78, 5) is 24.2. The molecule has 2 aromatic heterocycles. The molecule has 0 atom stereocenters. The van der Waals surface area contributed by atoms with Gasteiger partial charge in [-0.25, -0.2) is 0 Å². The fraction of sp³-hybridized carbons (Fsp3) is 0.176. The van der Waals surface area contributed by atoms with Gasteiger partial charge in [0.25, 0.3) is 5.91 Å². The van der Waals surface area contributed by atoms with E-state index in [2.05, 4.69) is 0 Å². The molecule has 124 valence electrons. The van der Waals surface area contributed by atoms with E-state index in [1.807, 2.05) is 12.1 Å². The lowest BCUT2D eigenvalue weighted by molar-refractivity contribution is 0.0999. The number of halogens is 2. The van der Waals surface area contributed by atoms with Crippen molar-refractivity contribution in [3.8, 4) is 0 Å². The summed E-state index contributed by atoms with van der Waals surface area (Å²) >= 11 is 11.9. The van der Waals surface area contributed by atoms with Gasteiger partial charge in [0.15, 0.2) is 0 Å². The van der Waals surface area contributed by atoms with Crippen molar-refractivity contribution in [3.05, 3.63) is 68.2 Å². The van der Waals surface area contributed by atoms with Crippen LogP contribution in [0, 0.1) is 0 Å². The highest BCUT2D eigenvalue weighted by Crippen LogP contribution is 2.27. The molecule has 0 aliphatic carbocycles.